The first kappa shape index (κ1) is 10.9. The molecule has 18 heavy (non-hydrogen) atoms. The van der Waals surface area contributed by atoms with Crippen molar-refractivity contribution in [3.05, 3.63) is 89.0 Å². The van der Waals surface area contributed by atoms with Gasteiger partial charge < -0.3 is 4.90 Å². The summed E-state index contributed by atoms with van der Waals surface area (Å²) in [5.74, 6) is 0. The molecule has 0 saturated carbocycles. The summed E-state index contributed by atoms with van der Waals surface area (Å²) in [5, 5.41) is 0. The van der Waals surface area contributed by atoms with Crippen LogP contribution in [0.2, 0.25) is 0 Å². The lowest BCUT2D eigenvalue weighted by Gasteiger charge is -2.22. The lowest BCUT2D eigenvalue weighted by molar-refractivity contribution is 0.524. The predicted octanol–water partition coefficient (Wildman–Crippen LogP) is 3.79. The van der Waals surface area contributed by atoms with Crippen LogP contribution in [-0.4, -0.2) is 11.9 Å². The number of hydrogen-bond acceptors (Lipinski definition) is 1. The summed E-state index contributed by atoms with van der Waals surface area (Å²) in [6, 6.07) is 0. The number of hydrogen-bond donors (Lipinski definition) is 0. The molecule has 3 rings (SSSR count). The second kappa shape index (κ2) is 3.90. The maximum atomic E-state index is 3.96. The molecule has 0 unspecified atom stereocenters. The van der Waals surface area contributed by atoms with E-state index in [9.17, 15) is 0 Å². The molecule has 1 heteroatoms. The number of likely N-dealkylation sites (N-methyl/N-ethyl adjacent to an activating group) is 1. The molecule has 0 aromatic rings. The molecule has 3 aliphatic rings. The third-order valence-corrected chi connectivity index (χ3v) is 3.68. The monoisotopic (exact) mass is 233 g/mol. The zero-order valence-electron chi connectivity index (χ0n) is 10.5. The maximum absolute atomic E-state index is 3.96. The Bertz CT molecular complexity index is 625. The van der Waals surface area contributed by atoms with E-state index in [2.05, 4.69) is 43.0 Å². The van der Waals surface area contributed by atoms with Crippen molar-refractivity contribution in [3.8, 4) is 0 Å². The Labute approximate surface area is 108 Å². The highest BCUT2D eigenvalue weighted by Gasteiger charge is 2.26. The standard InChI is InChI=1S/C17H15N/c1-4-12-13(5-2)15-9-7-11-17(15)18(3)16-10-6-8-14(12)16/h4-6,8-9,11H,1-2,10H2,3H3. The molecule has 1 nitrogen and oxygen atoms in total. The molecule has 88 valence electrons. The van der Waals surface area contributed by atoms with E-state index in [0.717, 1.165) is 12.0 Å². The summed E-state index contributed by atoms with van der Waals surface area (Å²) in [7, 11) is 2.11. The Hall–Kier alpha value is -2.24. The topological polar surface area (TPSA) is 3.24 Å². The van der Waals surface area contributed by atoms with Crippen molar-refractivity contribution in [2.24, 2.45) is 0 Å². The van der Waals surface area contributed by atoms with Crippen LogP contribution in [0, 0.1) is 0 Å². The van der Waals surface area contributed by atoms with E-state index in [4.69, 9.17) is 0 Å². The summed E-state index contributed by atoms with van der Waals surface area (Å²) in [4.78, 5) is 2.25. The fraction of sp³-hybridized carbons (Fsp3) is 0.118. The summed E-state index contributed by atoms with van der Waals surface area (Å²) in [6.07, 6.45) is 13.3. The van der Waals surface area contributed by atoms with Gasteiger partial charge in [0.2, 0.25) is 0 Å². The molecule has 0 saturated heterocycles. The van der Waals surface area contributed by atoms with Crippen LogP contribution in [0.1, 0.15) is 6.42 Å². The number of nitrogens with zero attached hydrogens (tertiary/aromatic N) is 1. The van der Waals surface area contributed by atoms with Crippen molar-refractivity contribution in [2.45, 2.75) is 6.42 Å². The van der Waals surface area contributed by atoms with Gasteiger partial charge >= 0.3 is 0 Å². The van der Waals surface area contributed by atoms with E-state index >= 15 is 0 Å². The van der Waals surface area contributed by atoms with Gasteiger partial charge in [0.05, 0.1) is 5.70 Å². The molecule has 0 aromatic carbocycles. The SMILES string of the molecule is C=CC1=C(C=C)C2=C(CC=C2)N(C)C2=C1C=C=C2. The zero-order valence-corrected chi connectivity index (χ0v) is 10.5. The van der Waals surface area contributed by atoms with Crippen molar-refractivity contribution in [1.29, 1.82) is 0 Å². The summed E-state index contributed by atoms with van der Waals surface area (Å²) >= 11 is 0. The Morgan fingerprint density at radius 1 is 1.17 bits per heavy atom. The van der Waals surface area contributed by atoms with E-state index in [1.807, 2.05) is 24.3 Å². The Kier molecular flexibility index (Phi) is 2.36. The molecule has 0 bridgehead atoms. The lowest BCUT2D eigenvalue weighted by Crippen LogP contribution is -2.16. The molecule has 0 atom stereocenters. The van der Waals surface area contributed by atoms with Crippen molar-refractivity contribution in [2.75, 3.05) is 7.05 Å². The lowest BCUT2D eigenvalue weighted by atomic mass is 9.95. The number of allylic oxidation sites excluding steroid dienone is 9. The second-order valence-corrected chi connectivity index (χ2v) is 4.52. The molecule has 0 spiro atoms. The molecular weight excluding hydrogens is 218 g/mol. The van der Waals surface area contributed by atoms with Gasteiger partial charge in [-0.05, 0) is 17.2 Å². The van der Waals surface area contributed by atoms with Gasteiger partial charge in [0.25, 0.3) is 0 Å². The van der Waals surface area contributed by atoms with Crippen molar-refractivity contribution in [3.63, 3.8) is 0 Å². The van der Waals surface area contributed by atoms with Gasteiger partial charge in [0, 0.05) is 36.4 Å². The zero-order chi connectivity index (χ0) is 12.7. The minimum Gasteiger partial charge on any atom is -0.346 e. The van der Waals surface area contributed by atoms with Crippen LogP contribution in [0.15, 0.2) is 89.0 Å². The van der Waals surface area contributed by atoms with Gasteiger partial charge in [-0.2, -0.15) is 0 Å². The summed E-state index contributed by atoms with van der Waals surface area (Å²) in [6.45, 7) is 7.92. The van der Waals surface area contributed by atoms with Gasteiger partial charge in [0.15, 0.2) is 0 Å². The van der Waals surface area contributed by atoms with E-state index in [-0.39, 0.29) is 0 Å². The molecule has 2 aliphatic carbocycles. The van der Waals surface area contributed by atoms with Gasteiger partial charge in [-0.15, -0.1) is 5.73 Å². The third-order valence-electron chi connectivity index (χ3n) is 3.68. The first-order valence-electron chi connectivity index (χ1n) is 6.08. The average Bonchev–Trinajstić information content (AvgIpc) is 3.02. The highest BCUT2D eigenvalue weighted by Crippen LogP contribution is 2.40. The molecule has 1 aliphatic heterocycles. The molecule has 0 fully saturated rings. The highest BCUT2D eigenvalue weighted by atomic mass is 15.1. The average molecular weight is 233 g/mol. The highest BCUT2D eigenvalue weighted by molar-refractivity contribution is 5.67. The van der Waals surface area contributed by atoms with E-state index < -0.39 is 0 Å². The van der Waals surface area contributed by atoms with Crippen LogP contribution >= 0.6 is 0 Å². The molecule has 0 amide bonds. The van der Waals surface area contributed by atoms with E-state index in [1.165, 1.54) is 28.1 Å². The van der Waals surface area contributed by atoms with Crippen molar-refractivity contribution < 1.29 is 0 Å². The Morgan fingerprint density at radius 2 is 1.89 bits per heavy atom. The quantitative estimate of drug-likeness (QED) is 0.656. The van der Waals surface area contributed by atoms with Crippen LogP contribution in [0.3, 0.4) is 0 Å². The molecule has 0 aromatic heterocycles. The van der Waals surface area contributed by atoms with Crippen LogP contribution in [0.25, 0.3) is 0 Å². The molecule has 1 heterocycles. The largest absolute Gasteiger partial charge is 0.346 e. The summed E-state index contributed by atoms with van der Waals surface area (Å²) < 4.78 is 0. The molecule has 0 radical (unpaired) electrons. The Balaban J connectivity index is 2.34. The smallest absolute Gasteiger partial charge is 0.0570 e. The maximum Gasteiger partial charge on any atom is 0.0570 e. The third kappa shape index (κ3) is 1.28. The fourth-order valence-electron chi connectivity index (χ4n) is 2.78. The first-order chi connectivity index (χ1) is 8.77. The van der Waals surface area contributed by atoms with Crippen LogP contribution < -0.4 is 0 Å². The van der Waals surface area contributed by atoms with Crippen LogP contribution in [-0.2, 0) is 0 Å². The predicted molar refractivity (Wildman–Crippen MR) is 75.6 cm³/mol. The number of rotatable bonds is 2. The van der Waals surface area contributed by atoms with Crippen LogP contribution in [0.4, 0.5) is 0 Å². The summed E-state index contributed by atoms with van der Waals surface area (Å²) in [5.41, 5.74) is 10.5. The molecule has 0 N–H and O–H groups in total. The normalized spacial score (nSPS) is 20.6. The minimum atomic E-state index is 0.970. The molecular formula is C17H15N. The van der Waals surface area contributed by atoms with Crippen LogP contribution in [0.5, 0.6) is 0 Å². The first-order valence-corrected chi connectivity index (χ1v) is 6.08. The van der Waals surface area contributed by atoms with E-state index in [0.29, 0.717) is 0 Å². The van der Waals surface area contributed by atoms with Gasteiger partial charge in [0.1, 0.15) is 0 Å². The minimum absolute atomic E-state index is 0.970. The Morgan fingerprint density at radius 3 is 2.61 bits per heavy atom. The van der Waals surface area contributed by atoms with Gasteiger partial charge in [-0.25, -0.2) is 0 Å². The fourth-order valence-corrected chi connectivity index (χ4v) is 2.78. The van der Waals surface area contributed by atoms with Crippen molar-refractivity contribution >= 4 is 0 Å². The second-order valence-electron chi connectivity index (χ2n) is 4.52. The van der Waals surface area contributed by atoms with Gasteiger partial charge in [-0.1, -0.05) is 37.5 Å². The van der Waals surface area contributed by atoms with E-state index in [1.54, 1.807) is 0 Å². The van der Waals surface area contributed by atoms with Gasteiger partial charge in [-0.3, -0.25) is 0 Å². The van der Waals surface area contributed by atoms with Crippen molar-refractivity contribution in [1.82, 2.24) is 4.90 Å².